The normalized spacial score (nSPS) is 26.6. The number of hydrogen-bond acceptors (Lipinski definition) is 2. The molecule has 2 aliphatic heterocycles. The van der Waals surface area contributed by atoms with Gasteiger partial charge in [0.15, 0.2) is 0 Å². The van der Waals surface area contributed by atoms with Gasteiger partial charge in [0, 0.05) is 32.6 Å². The van der Waals surface area contributed by atoms with Crippen LogP contribution in [0.15, 0.2) is 24.3 Å². The molecule has 3 aliphatic rings. The number of nitrogens with zero attached hydrogens (tertiary/aromatic N) is 2. The SMILES string of the molecule is O=C(CC1CC1)N1CCC2(CCN(Cc3cccc(F)c3)C2=O)C1. The fraction of sp³-hybridized carbons (Fsp3) is 0.579. The van der Waals surface area contributed by atoms with Crippen LogP contribution in [0.5, 0.6) is 0 Å². The van der Waals surface area contributed by atoms with E-state index in [1.54, 1.807) is 6.07 Å². The van der Waals surface area contributed by atoms with Crippen LogP contribution in [0.3, 0.4) is 0 Å². The summed E-state index contributed by atoms with van der Waals surface area (Å²) in [6, 6.07) is 6.42. The number of rotatable bonds is 4. The van der Waals surface area contributed by atoms with Gasteiger partial charge in [-0.3, -0.25) is 9.59 Å². The molecule has 1 spiro atoms. The van der Waals surface area contributed by atoms with Gasteiger partial charge in [-0.15, -0.1) is 0 Å². The lowest BCUT2D eigenvalue weighted by Crippen LogP contribution is -2.38. The second-order valence-electron chi connectivity index (χ2n) is 7.60. The zero-order valence-electron chi connectivity index (χ0n) is 13.8. The third-order valence-electron chi connectivity index (χ3n) is 5.73. The molecule has 2 heterocycles. The van der Waals surface area contributed by atoms with Crippen molar-refractivity contribution in [3.8, 4) is 0 Å². The van der Waals surface area contributed by atoms with Gasteiger partial charge in [-0.1, -0.05) is 12.1 Å². The molecule has 3 fully saturated rings. The van der Waals surface area contributed by atoms with Gasteiger partial charge >= 0.3 is 0 Å². The predicted octanol–water partition coefficient (Wildman–Crippen LogP) is 2.58. The van der Waals surface area contributed by atoms with Crippen LogP contribution in [0.1, 0.15) is 37.7 Å². The first-order valence-corrected chi connectivity index (χ1v) is 8.87. The first-order chi connectivity index (χ1) is 11.6. The van der Waals surface area contributed by atoms with E-state index in [1.165, 1.54) is 25.0 Å². The standard InChI is InChI=1S/C19H23FN2O2/c20-16-3-1-2-15(10-16)12-21-8-6-19(18(21)24)7-9-22(13-19)17(23)11-14-4-5-14/h1-3,10,14H,4-9,11-13H2. The van der Waals surface area contributed by atoms with Crippen LogP contribution in [0.4, 0.5) is 4.39 Å². The summed E-state index contributed by atoms with van der Waals surface area (Å²) >= 11 is 0. The summed E-state index contributed by atoms with van der Waals surface area (Å²) in [7, 11) is 0. The number of benzene rings is 1. The first kappa shape index (κ1) is 15.6. The summed E-state index contributed by atoms with van der Waals surface area (Å²) in [5.74, 6) is 0.656. The summed E-state index contributed by atoms with van der Waals surface area (Å²) in [5, 5.41) is 0. The molecule has 1 saturated carbocycles. The molecule has 5 heteroatoms. The minimum atomic E-state index is -0.396. The molecular weight excluding hydrogens is 307 g/mol. The minimum Gasteiger partial charge on any atom is -0.342 e. The van der Waals surface area contributed by atoms with Gasteiger partial charge in [0.1, 0.15) is 5.82 Å². The monoisotopic (exact) mass is 330 g/mol. The number of carbonyl (C=O) groups is 2. The van der Waals surface area contributed by atoms with Crippen molar-refractivity contribution >= 4 is 11.8 Å². The Labute approximate surface area is 141 Å². The zero-order valence-corrected chi connectivity index (χ0v) is 13.8. The van der Waals surface area contributed by atoms with Gasteiger partial charge in [-0.05, 0) is 49.3 Å². The zero-order chi connectivity index (χ0) is 16.7. The van der Waals surface area contributed by atoms with Gasteiger partial charge in [-0.2, -0.15) is 0 Å². The highest BCUT2D eigenvalue weighted by Gasteiger charge is 2.51. The Hall–Kier alpha value is -1.91. The summed E-state index contributed by atoms with van der Waals surface area (Å²) in [6.45, 7) is 2.41. The van der Waals surface area contributed by atoms with E-state index in [2.05, 4.69) is 0 Å². The van der Waals surface area contributed by atoms with E-state index in [0.29, 0.717) is 38.5 Å². The molecule has 128 valence electrons. The summed E-state index contributed by atoms with van der Waals surface area (Å²) in [4.78, 5) is 28.9. The number of amides is 2. The van der Waals surface area contributed by atoms with Crippen molar-refractivity contribution in [1.29, 1.82) is 0 Å². The van der Waals surface area contributed by atoms with Gasteiger partial charge in [0.25, 0.3) is 0 Å². The quantitative estimate of drug-likeness (QED) is 0.851. The van der Waals surface area contributed by atoms with Crippen molar-refractivity contribution in [2.75, 3.05) is 19.6 Å². The lowest BCUT2D eigenvalue weighted by molar-refractivity contribution is -0.137. The van der Waals surface area contributed by atoms with Crippen molar-refractivity contribution < 1.29 is 14.0 Å². The maximum absolute atomic E-state index is 13.3. The molecule has 1 aromatic carbocycles. The molecule has 1 aromatic rings. The van der Waals surface area contributed by atoms with E-state index in [9.17, 15) is 14.0 Å². The van der Waals surface area contributed by atoms with Crippen LogP contribution >= 0.6 is 0 Å². The Bertz CT molecular complexity index is 673. The summed E-state index contributed by atoms with van der Waals surface area (Å²) in [5.41, 5.74) is 0.423. The van der Waals surface area contributed by atoms with Gasteiger partial charge in [0.2, 0.25) is 11.8 Å². The van der Waals surface area contributed by atoms with E-state index in [4.69, 9.17) is 0 Å². The predicted molar refractivity (Wildman–Crippen MR) is 87.4 cm³/mol. The first-order valence-electron chi connectivity index (χ1n) is 8.87. The highest BCUT2D eigenvalue weighted by Crippen LogP contribution is 2.42. The lowest BCUT2D eigenvalue weighted by atomic mass is 9.85. The van der Waals surface area contributed by atoms with Gasteiger partial charge in [0.05, 0.1) is 5.41 Å². The second-order valence-corrected chi connectivity index (χ2v) is 7.60. The molecule has 4 nitrogen and oxygen atoms in total. The lowest BCUT2D eigenvalue weighted by Gasteiger charge is -2.24. The highest BCUT2D eigenvalue weighted by atomic mass is 19.1. The van der Waals surface area contributed by atoms with Gasteiger partial charge < -0.3 is 9.80 Å². The van der Waals surface area contributed by atoms with Crippen LogP contribution < -0.4 is 0 Å². The van der Waals surface area contributed by atoms with Crippen molar-refractivity contribution in [3.63, 3.8) is 0 Å². The molecule has 1 unspecified atom stereocenters. The van der Waals surface area contributed by atoms with Crippen LogP contribution in [0, 0.1) is 17.2 Å². The Balaban J connectivity index is 1.40. The average Bonchev–Trinajstić information content (AvgIpc) is 3.18. The van der Waals surface area contributed by atoms with Crippen molar-refractivity contribution in [2.45, 2.75) is 38.6 Å². The van der Waals surface area contributed by atoms with Crippen molar-refractivity contribution in [3.05, 3.63) is 35.6 Å². The smallest absolute Gasteiger partial charge is 0.231 e. The van der Waals surface area contributed by atoms with E-state index in [0.717, 1.165) is 18.4 Å². The van der Waals surface area contributed by atoms with E-state index in [1.807, 2.05) is 15.9 Å². The Morgan fingerprint density at radius 1 is 1.25 bits per heavy atom. The summed E-state index contributed by atoms with van der Waals surface area (Å²) in [6.07, 6.45) is 4.56. The molecule has 0 radical (unpaired) electrons. The molecule has 0 N–H and O–H groups in total. The molecule has 2 amide bonds. The van der Waals surface area contributed by atoms with Crippen LogP contribution in [0.25, 0.3) is 0 Å². The summed E-state index contributed by atoms with van der Waals surface area (Å²) < 4.78 is 13.3. The molecule has 2 saturated heterocycles. The highest BCUT2D eigenvalue weighted by molar-refractivity contribution is 5.87. The molecule has 1 aliphatic carbocycles. The Morgan fingerprint density at radius 3 is 2.79 bits per heavy atom. The molecule has 1 atom stereocenters. The second kappa shape index (κ2) is 5.87. The number of carbonyl (C=O) groups excluding carboxylic acids is 2. The Kier molecular flexibility index (Phi) is 3.82. The number of likely N-dealkylation sites (tertiary alicyclic amines) is 2. The Morgan fingerprint density at radius 2 is 2.04 bits per heavy atom. The van der Waals surface area contributed by atoms with E-state index < -0.39 is 5.41 Å². The minimum absolute atomic E-state index is 0.133. The number of halogens is 1. The maximum Gasteiger partial charge on any atom is 0.231 e. The van der Waals surface area contributed by atoms with Crippen LogP contribution in [-0.2, 0) is 16.1 Å². The third-order valence-corrected chi connectivity index (χ3v) is 5.73. The largest absolute Gasteiger partial charge is 0.342 e. The van der Waals surface area contributed by atoms with Crippen LogP contribution in [-0.4, -0.2) is 41.2 Å². The average molecular weight is 330 g/mol. The fourth-order valence-corrected chi connectivity index (χ4v) is 4.06. The van der Waals surface area contributed by atoms with Crippen molar-refractivity contribution in [2.24, 2.45) is 11.3 Å². The van der Waals surface area contributed by atoms with Crippen molar-refractivity contribution in [1.82, 2.24) is 9.80 Å². The number of hydrogen-bond donors (Lipinski definition) is 0. The molecule has 0 aromatic heterocycles. The topological polar surface area (TPSA) is 40.6 Å². The van der Waals surface area contributed by atoms with E-state index in [-0.39, 0.29) is 17.6 Å². The molecular formula is C19H23FN2O2. The maximum atomic E-state index is 13.3. The molecule has 0 bridgehead atoms. The molecule has 4 rings (SSSR count). The van der Waals surface area contributed by atoms with Crippen LogP contribution in [0.2, 0.25) is 0 Å². The fourth-order valence-electron chi connectivity index (χ4n) is 4.06. The third kappa shape index (κ3) is 2.92. The van der Waals surface area contributed by atoms with Gasteiger partial charge in [-0.25, -0.2) is 4.39 Å². The molecule has 24 heavy (non-hydrogen) atoms. The van der Waals surface area contributed by atoms with E-state index >= 15 is 0 Å².